The van der Waals surface area contributed by atoms with E-state index < -0.39 is 0 Å². The fraction of sp³-hybridized carbons (Fsp3) is 0.533. The first-order valence-corrected chi connectivity index (χ1v) is 6.74. The van der Waals surface area contributed by atoms with Gasteiger partial charge in [-0.15, -0.1) is 0 Å². The molecule has 1 aliphatic rings. The van der Waals surface area contributed by atoms with Crippen molar-refractivity contribution in [2.45, 2.75) is 31.9 Å². The summed E-state index contributed by atoms with van der Waals surface area (Å²) in [5, 5.41) is 12.3. The van der Waals surface area contributed by atoms with E-state index in [1.54, 1.807) is 7.11 Å². The molecule has 2 N–H and O–H groups in total. The molecule has 1 aromatic carbocycles. The van der Waals surface area contributed by atoms with E-state index in [0.717, 1.165) is 24.8 Å². The molecule has 4 heteroatoms. The SMILES string of the molecule is COCc1ccccc1C(=O)NC1CCCC1CO. The molecule has 19 heavy (non-hydrogen) atoms. The van der Waals surface area contributed by atoms with E-state index in [2.05, 4.69) is 5.32 Å². The number of ether oxygens (including phenoxy) is 1. The van der Waals surface area contributed by atoms with E-state index in [1.165, 1.54) is 0 Å². The second kappa shape index (κ2) is 6.68. The number of carbonyl (C=O) groups is 1. The Morgan fingerprint density at radius 3 is 2.95 bits per heavy atom. The van der Waals surface area contributed by atoms with Gasteiger partial charge in [-0.25, -0.2) is 0 Å². The maximum atomic E-state index is 12.3. The van der Waals surface area contributed by atoms with Crippen LogP contribution in [0.5, 0.6) is 0 Å². The number of hydrogen-bond donors (Lipinski definition) is 2. The number of rotatable bonds is 5. The molecule has 1 saturated carbocycles. The lowest BCUT2D eigenvalue weighted by molar-refractivity contribution is 0.0911. The molecule has 104 valence electrons. The number of aliphatic hydroxyl groups excluding tert-OH is 1. The Morgan fingerprint density at radius 1 is 1.42 bits per heavy atom. The molecule has 0 bridgehead atoms. The van der Waals surface area contributed by atoms with Gasteiger partial charge in [0.25, 0.3) is 5.91 Å². The Kier molecular flexibility index (Phi) is 4.93. The highest BCUT2D eigenvalue weighted by atomic mass is 16.5. The average molecular weight is 263 g/mol. The minimum Gasteiger partial charge on any atom is -0.396 e. The predicted octanol–water partition coefficient (Wildman–Crippen LogP) is 1.72. The predicted molar refractivity (Wildman–Crippen MR) is 72.8 cm³/mol. The number of methoxy groups -OCH3 is 1. The van der Waals surface area contributed by atoms with Crippen molar-refractivity contribution in [2.24, 2.45) is 5.92 Å². The summed E-state index contributed by atoms with van der Waals surface area (Å²) in [7, 11) is 1.62. The molecule has 4 nitrogen and oxygen atoms in total. The fourth-order valence-corrected chi connectivity index (χ4v) is 2.71. The Balaban J connectivity index is 2.07. The maximum Gasteiger partial charge on any atom is 0.251 e. The van der Waals surface area contributed by atoms with Gasteiger partial charge in [-0.1, -0.05) is 24.6 Å². The van der Waals surface area contributed by atoms with Crippen LogP contribution in [0.1, 0.15) is 35.2 Å². The minimum atomic E-state index is -0.0713. The highest BCUT2D eigenvalue weighted by Gasteiger charge is 2.28. The minimum absolute atomic E-state index is 0.0713. The van der Waals surface area contributed by atoms with E-state index >= 15 is 0 Å². The molecule has 1 amide bonds. The molecule has 1 aliphatic carbocycles. The topological polar surface area (TPSA) is 58.6 Å². The molecular weight excluding hydrogens is 242 g/mol. The molecule has 0 spiro atoms. The van der Waals surface area contributed by atoms with Gasteiger partial charge in [0.1, 0.15) is 0 Å². The third kappa shape index (κ3) is 3.33. The molecule has 0 saturated heterocycles. The Morgan fingerprint density at radius 2 is 2.21 bits per heavy atom. The van der Waals surface area contributed by atoms with Gasteiger partial charge >= 0.3 is 0 Å². The van der Waals surface area contributed by atoms with Crippen LogP contribution in [0.3, 0.4) is 0 Å². The molecule has 2 rings (SSSR count). The van der Waals surface area contributed by atoms with Gasteiger partial charge in [-0.05, 0) is 24.5 Å². The lowest BCUT2D eigenvalue weighted by Crippen LogP contribution is -2.38. The molecule has 2 atom stereocenters. The van der Waals surface area contributed by atoms with Crippen molar-refractivity contribution in [1.82, 2.24) is 5.32 Å². The summed E-state index contributed by atoms with van der Waals surface area (Å²) in [5.41, 5.74) is 1.55. The maximum absolute atomic E-state index is 12.3. The molecule has 0 heterocycles. The monoisotopic (exact) mass is 263 g/mol. The zero-order valence-corrected chi connectivity index (χ0v) is 11.3. The van der Waals surface area contributed by atoms with Gasteiger partial charge in [0.2, 0.25) is 0 Å². The Hall–Kier alpha value is -1.39. The molecule has 1 fully saturated rings. The summed E-state index contributed by atoms with van der Waals surface area (Å²) in [5.74, 6) is 0.122. The van der Waals surface area contributed by atoms with Crippen LogP contribution >= 0.6 is 0 Å². The van der Waals surface area contributed by atoms with Crippen LogP contribution in [0.25, 0.3) is 0 Å². The van der Waals surface area contributed by atoms with Gasteiger partial charge in [-0.2, -0.15) is 0 Å². The third-order valence-corrected chi connectivity index (χ3v) is 3.77. The summed E-state index contributed by atoms with van der Waals surface area (Å²) in [6.45, 7) is 0.572. The molecular formula is C15H21NO3. The van der Waals surface area contributed by atoms with Crippen molar-refractivity contribution in [1.29, 1.82) is 0 Å². The number of hydrogen-bond acceptors (Lipinski definition) is 3. The van der Waals surface area contributed by atoms with E-state index in [1.807, 2.05) is 24.3 Å². The lowest BCUT2D eigenvalue weighted by atomic mass is 10.0. The van der Waals surface area contributed by atoms with Crippen molar-refractivity contribution >= 4 is 5.91 Å². The zero-order chi connectivity index (χ0) is 13.7. The number of amides is 1. The molecule has 2 unspecified atom stereocenters. The van der Waals surface area contributed by atoms with Crippen molar-refractivity contribution in [3.63, 3.8) is 0 Å². The largest absolute Gasteiger partial charge is 0.396 e. The highest BCUT2D eigenvalue weighted by Crippen LogP contribution is 2.25. The second-order valence-electron chi connectivity index (χ2n) is 5.04. The first-order chi connectivity index (χ1) is 9.26. The van der Waals surface area contributed by atoms with E-state index in [9.17, 15) is 9.90 Å². The van der Waals surface area contributed by atoms with Crippen LogP contribution in [0, 0.1) is 5.92 Å². The quantitative estimate of drug-likeness (QED) is 0.850. The Labute approximate surface area is 113 Å². The van der Waals surface area contributed by atoms with Crippen LogP contribution in [0.15, 0.2) is 24.3 Å². The van der Waals surface area contributed by atoms with Gasteiger partial charge < -0.3 is 15.2 Å². The summed E-state index contributed by atoms with van der Waals surface area (Å²) in [4.78, 5) is 12.3. The number of carbonyl (C=O) groups excluding carboxylic acids is 1. The summed E-state index contributed by atoms with van der Waals surface area (Å²) in [6, 6.07) is 7.56. The average Bonchev–Trinajstić information content (AvgIpc) is 2.87. The van der Waals surface area contributed by atoms with E-state index in [4.69, 9.17) is 4.74 Å². The van der Waals surface area contributed by atoms with Crippen molar-refractivity contribution in [2.75, 3.05) is 13.7 Å². The van der Waals surface area contributed by atoms with Crippen molar-refractivity contribution in [3.05, 3.63) is 35.4 Å². The van der Waals surface area contributed by atoms with E-state index in [-0.39, 0.29) is 24.5 Å². The summed E-state index contributed by atoms with van der Waals surface area (Å²) in [6.07, 6.45) is 3.00. The van der Waals surface area contributed by atoms with Gasteiger partial charge in [0, 0.05) is 31.2 Å². The number of aliphatic hydroxyl groups is 1. The third-order valence-electron chi connectivity index (χ3n) is 3.77. The van der Waals surface area contributed by atoms with Crippen LogP contribution in [-0.4, -0.2) is 30.8 Å². The van der Waals surface area contributed by atoms with Gasteiger partial charge in [0.05, 0.1) is 6.61 Å². The van der Waals surface area contributed by atoms with Crippen molar-refractivity contribution in [3.8, 4) is 0 Å². The first-order valence-electron chi connectivity index (χ1n) is 6.74. The van der Waals surface area contributed by atoms with E-state index in [0.29, 0.717) is 12.2 Å². The molecule has 0 aliphatic heterocycles. The summed E-state index contributed by atoms with van der Waals surface area (Å²) >= 11 is 0. The van der Waals surface area contributed by atoms with Crippen molar-refractivity contribution < 1.29 is 14.6 Å². The normalized spacial score (nSPS) is 22.4. The lowest BCUT2D eigenvalue weighted by Gasteiger charge is -2.19. The van der Waals surface area contributed by atoms with Crippen LogP contribution < -0.4 is 5.32 Å². The summed E-state index contributed by atoms with van der Waals surface area (Å²) < 4.78 is 5.11. The Bertz CT molecular complexity index is 433. The molecule has 1 aromatic rings. The smallest absolute Gasteiger partial charge is 0.251 e. The number of benzene rings is 1. The van der Waals surface area contributed by atoms with Gasteiger partial charge in [-0.3, -0.25) is 4.79 Å². The van der Waals surface area contributed by atoms with Crippen LogP contribution in [-0.2, 0) is 11.3 Å². The molecule has 0 radical (unpaired) electrons. The fourth-order valence-electron chi connectivity index (χ4n) is 2.71. The van der Waals surface area contributed by atoms with Crippen LogP contribution in [0.4, 0.5) is 0 Å². The zero-order valence-electron chi connectivity index (χ0n) is 11.3. The first kappa shape index (κ1) is 14.0. The molecule has 0 aromatic heterocycles. The van der Waals surface area contributed by atoms with Gasteiger partial charge in [0.15, 0.2) is 0 Å². The number of nitrogens with one attached hydrogen (secondary N) is 1. The standard InChI is InChI=1S/C15H21NO3/c1-19-10-12-5-2-3-7-13(12)15(18)16-14-8-4-6-11(14)9-17/h2-3,5,7,11,14,17H,4,6,8-10H2,1H3,(H,16,18). The second-order valence-corrected chi connectivity index (χ2v) is 5.04. The van der Waals surface area contributed by atoms with Crippen LogP contribution in [0.2, 0.25) is 0 Å². The highest BCUT2D eigenvalue weighted by molar-refractivity contribution is 5.95.